The number of hydrogen-bond donors (Lipinski definition) is 1. The first kappa shape index (κ1) is 14.9. The Bertz CT molecular complexity index is 574. The first-order chi connectivity index (χ1) is 10.2. The van der Waals surface area contributed by atoms with Crippen LogP contribution in [0.2, 0.25) is 0 Å². The second-order valence-corrected chi connectivity index (χ2v) is 4.66. The lowest BCUT2D eigenvalue weighted by Crippen LogP contribution is -2.24. The predicted molar refractivity (Wildman–Crippen MR) is 81.5 cm³/mol. The van der Waals surface area contributed by atoms with Crippen LogP contribution in [-0.4, -0.2) is 20.1 Å². The molecule has 1 amide bonds. The summed E-state index contributed by atoms with van der Waals surface area (Å²) in [7, 11) is 3.21. The third-order valence-electron chi connectivity index (χ3n) is 3.11. The van der Waals surface area contributed by atoms with Crippen molar-refractivity contribution >= 4 is 5.91 Å². The van der Waals surface area contributed by atoms with Crippen LogP contribution < -0.4 is 14.8 Å². The van der Waals surface area contributed by atoms with E-state index < -0.39 is 0 Å². The van der Waals surface area contributed by atoms with E-state index in [0.717, 1.165) is 11.1 Å². The highest BCUT2D eigenvalue weighted by atomic mass is 16.5. The summed E-state index contributed by atoms with van der Waals surface area (Å²) in [5.41, 5.74) is 1.94. The first-order valence-electron chi connectivity index (χ1n) is 6.74. The number of carbonyl (C=O) groups is 1. The summed E-state index contributed by atoms with van der Waals surface area (Å²) in [5, 5.41) is 2.90. The molecule has 0 heterocycles. The van der Waals surface area contributed by atoms with Crippen LogP contribution in [0.25, 0.3) is 0 Å². The largest absolute Gasteiger partial charge is 0.497 e. The molecule has 2 rings (SSSR count). The second-order valence-electron chi connectivity index (χ2n) is 4.66. The molecule has 0 aliphatic rings. The molecule has 110 valence electrons. The molecule has 0 aliphatic heterocycles. The molecule has 2 aromatic carbocycles. The molecule has 0 aliphatic carbocycles. The van der Waals surface area contributed by atoms with E-state index in [2.05, 4.69) is 5.32 Å². The van der Waals surface area contributed by atoms with Crippen LogP contribution in [0.4, 0.5) is 0 Å². The van der Waals surface area contributed by atoms with Crippen molar-refractivity contribution in [3.63, 3.8) is 0 Å². The van der Waals surface area contributed by atoms with Gasteiger partial charge in [-0.15, -0.1) is 0 Å². The summed E-state index contributed by atoms with van der Waals surface area (Å²) in [4.78, 5) is 11.9. The van der Waals surface area contributed by atoms with Gasteiger partial charge in [0.1, 0.15) is 11.5 Å². The summed E-state index contributed by atoms with van der Waals surface area (Å²) in [6.07, 6.45) is 0.377. The standard InChI is InChI=1S/C17H19NO3/c1-20-15-8-14(9-16(11-15)21-2)12-18-17(19)10-13-6-4-3-5-7-13/h3-9,11H,10,12H2,1-2H3,(H,18,19). The minimum absolute atomic E-state index is 0.0111. The van der Waals surface area contributed by atoms with Crippen molar-refractivity contribution in [2.24, 2.45) is 0 Å². The highest BCUT2D eigenvalue weighted by Crippen LogP contribution is 2.22. The lowest BCUT2D eigenvalue weighted by Gasteiger charge is -2.09. The van der Waals surface area contributed by atoms with Crippen molar-refractivity contribution in [2.45, 2.75) is 13.0 Å². The number of hydrogen-bond acceptors (Lipinski definition) is 3. The zero-order valence-corrected chi connectivity index (χ0v) is 12.3. The first-order valence-corrected chi connectivity index (χ1v) is 6.74. The van der Waals surface area contributed by atoms with Crippen molar-refractivity contribution in [1.29, 1.82) is 0 Å². The van der Waals surface area contributed by atoms with Gasteiger partial charge in [-0.3, -0.25) is 4.79 Å². The van der Waals surface area contributed by atoms with E-state index in [-0.39, 0.29) is 5.91 Å². The summed E-state index contributed by atoms with van der Waals surface area (Å²) < 4.78 is 10.4. The number of carbonyl (C=O) groups excluding carboxylic acids is 1. The van der Waals surface area contributed by atoms with Gasteiger partial charge in [-0.1, -0.05) is 30.3 Å². The quantitative estimate of drug-likeness (QED) is 0.887. The van der Waals surface area contributed by atoms with Crippen LogP contribution >= 0.6 is 0 Å². The fourth-order valence-electron chi connectivity index (χ4n) is 2.01. The molecule has 0 spiro atoms. The lowest BCUT2D eigenvalue weighted by atomic mass is 10.1. The van der Waals surface area contributed by atoms with E-state index in [9.17, 15) is 4.79 Å². The molecule has 0 saturated carbocycles. The molecule has 0 saturated heterocycles. The fraction of sp³-hybridized carbons (Fsp3) is 0.235. The Balaban J connectivity index is 1.94. The summed E-state index contributed by atoms with van der Waals surface area (Å²) in [6.45, 7) is 0.444. The Morgan fingerprint density at radius 2 is 1.57 bits per heavy atom. The maximum Gasteiger partial charge on any atom is 0.224 e. The molecule has 0 fully saturated rings. The van der Waals surface area contributed by atoms with Crippen LogP contribution in [0.1, 0.15) is 11.1 Å². The van der Waals surface area contributed by atoms with Crippen molar-refractivity contribution in [3.05, 3.63) is 59.7 Å². The molecule has 2 aromatic rings. The van der Waals surface area contributed by atoms with Gasteiger partial charge in [-0.05, 0) is 23.3 Å². The van der Waals surface area contributed by atoms with Crippen LogP contribution in [0.3, 0.4) is 0 Å². The van der Waals surface area contributed by atoms with Crippen LogP contribution in [-0.2, 0) is 17.8 Å². The molecular formula is C17H19NO3. The van der Waals surface area contributed by atoms with Gasteiger partial charge in [-0.25, -0.2) is 0 Å². The topological polar surface area (TPSA) is 47.6 Å². The Morgan fingerprint density at radius 3 is 2.14 bits per heavy atom. The maximum atomic E-state index is 11.9. The third kappa shape index (κ3) is 4.53. The monoisotopic (exact) mass is 285 g/mol. The molecular weight excluding hydrogens is 266 g/mol. The number of amides is 1. The summed E-state index contributed by atoms with van der Waals surface area (Å²) in [6, 6.07) is 15.2. The molecule has 4 heteroatoms. The number of rotatable bonds is 6. The molecule has 1 N–H and O–H groups in total. The van der Waals surface area contributed by atoms with E-state index in [1.807, 2.05) is 42.5 Å². The minimum atomic E-state index is -0.0111. The van der Waals surface area contributed by atoms with Gasteiger partial charge in [0, 0.05) is 12.6 Å². The van der Waals surface area contributed by atoms with Gasteiger partial charge in [0.2, 0.25) is 5.91 Å². The molecule has 4 nitrogen and oxygen atoms in total. The number of nitrogens with one attached hydrogen (secondary N) is 1. The van der Waals surface area contributed by atoms with Crippen molar-refractivity contribution < 1.29 is 14.3 Å². The van der Waals surface area contributed by atoms with Gasteiger partial charge in [0.25, 0.3) is 0 Å². The van der Waals surface area contributed by atoms with Crippen molar-refractivity contribution in [2.75, 3.05) is 14.2 Å². The Hall–Kier alpha value is -2.49. The highest BCUT2D eigenvalue weighted by Gasteiger charge is 2.05. The molecule has 0 bridgehead atoms. The Kier molecular flexibility index (Phi) is 5.21. The summed E-state index contributed by atoms with van der Waals surface area (Å²) >= 11 is 0. The second kappa shape index (κ2) is 7.33. The molecule has 0 aromatic heterocycles. The minimum Gasteiger partial charge on any atom is -0.497 e. The average molecular weight is 285 g/mol. The van der Waals surface area contributed by atoms with E-state index in [1.165, 1.54) is 0 Å². The lowest BCUT2D eigenvalue weighted by molar-refractivity contribution is -0.120. The van der Waals surface area contributed by atoms with Gasteiger partial charge < -0.3 is 14.8 Å². The number of ether oxygens (including phenoxy) is 2. The zero-order valence-electron chi connectivity index (χ0n) is 12.3. The third-order valence-corrected chi connectivity index (χ3v) is 3.11. The van der Waals surface area contributed by atoms with E-state index in [1.54, 1.807) is 20.3 Å². The molecule has 0 atom stereocenters. The van der Waals surface area contributed by atoms with Gasteiger partial charge >= 0.3 is 0 Å². The van der Waals surface area contributed by atoms with E-state index in [0.29, 0.717) is 24.5 Å². The van der Waals surface area contributed by atoms with E-state index in [4.69, 9.17) is 9.47 Å². The van der Waals surface area contributed by atoms with Crippen LogP contribution in [0.15, 0.2) is 48.5 Å². The molecule has 0 radical (unpaired) electrons. The van der Waals surface area contributed by atoms with Crippen LogP contribution in [0, 0.1) is 0 Å². The molecule has 21 heavy (non-hydrogen) atoms. The Morgan fingerprint density at radius 1 is 0.952 bits per heavy atom. The van der Waals surface area contributed by atoms with Gasteiger partial charge in [0.05, 0.1) is 20.6 Å². The summed E-state index contributed by atoms with van der Waals surface area (Å²) in [5.74, 6) is 1.41. The van der Waals surface area contributed by atoms with Crippen molar-refractivity contribution in [3.8, 4) is 11.5 Å². The van der Waals surface area contributed by atoms with Crippen LogP contribution in [0.5, 0.6) is 11.5 Å². The average Bonchev–Trinajstić information content (AvgIpc) is 2.53. The predicted octanol–water partition coefficient (Wildman–Crippen LogP) is 2.56. The zero-order chi connectivity index (χ0) is 15.1. The van der Waals surface area contributed by atoms with Crippen molar-refractivity contribution in [1.82, 2.24) is 5.32 Å². The Labute approximate surface area is 124 Å². The SMILES string of the molecule is COc1cc(CNC(=O)Cc2ccccc2)cc(OC)c1. The number of benzene rings is 2. The smallest absolute Gasteiger partial charge is 0.224 e. The fourth-order valence-corrected chi connectivity index (χ4v) is 2.01. The molecule has 0 unspecified atom stereocenters. The normalized spacial score (nSPS) is 10.0. The highest BCUT2D eigenvalue weighted by molar-refractivity contribution is 5.78. The number of methoxy groups -OCH3 is 2. The van der Waals surface area contributed by atoms with Gasteiger partial charge in [-0.2, -0.15) is 0 Å². The van der Waals surface area contributed by atoms with E-state index >= 15 is 0 Å². The maximum absolute atomic E-state index is 11.9. The van der Waals surface area contributed by atoms with Gasteiger partial charge in [0.15, 0.2) is 0 Å².